The summed E-state index contributed by atoms with van der Waals surface area (Å²) >= 11 is 3.14. The molecule has 0 bridgehead atoms. The van der Waals surface area contributed by atoms with Gasteiger partial charge in [-0.25, -0.2) is 4.98 Å². The molecule has 8 heteroatoms. The van der Waals surface area contributed by atoms with Gasteiger partial charge >= 0.3 is 0 Å². The number of nitrogens with zero attached hydrogens (tertiary/aromatic N) is 4. The molecule has 0 amide bonds. The van der Waals surface area contributed by atoms with Crippen molar-refractivity contribution in [2.45, 2.75) is 24.3 Å². The van der Waals surface area contributed by atoms with Crippen LogP contribution in [-0.2, 0) is 12.2 Å². The van der Waals surface area contributed by atoms with Crippen molar-refractivity contribution in [2.24, 2.45) is 0 Å². The highest BCUT2D eigenvalue weighted by Crippen LogP contribution is 2.19. The first-order valence-electron chi connectivity index (χ1n) is 6.41. The van der Waals surface area contributed by atoms with E-state index in [2.05, 4.69) is 25.3 Å². The predicted molar refractivity (Wildman–Crippen MR) is 82.9 cm³/mol. The molecule has 108 valence electrons. The van der Waals surface area contributed by atoms with Crippen molar-refractivity contribution in [1.29, 1.82) is 0 Å². The Bertz CT molecular complexity index is 717. The van der Waals surface area contributed by atoms with Gasteiger partial charge in [0, 0.05) is 11.3 Å². The van der Waals surface area contributed by atoms with E-state index in [1.54, 1.807) is 11.3 Å². The maximum Gasteiger partial charge on any atom is 0.237 e. The Morgan fingerprint density at radius 1 is 1.38 bits per heavy atom. The third kappa shape index (κ3) is 3.79. The van der Waals surface area contributed by atoms with Gasteiger partial charge in [-0.15, -0.1) is 16.4 Å². The molecule has 0 unspecified atom stereocenters. The molecule has 0 aliphatic heterocycles. The lowest BCUT2D eigenvalue weighted by Gasteiger charge is -1.89. The lowest BCUT2D eigenvalue weighted by molar-refractivity contribution is 0.385. The largest absolute Gasteiger partial charge is 0.338 e. The Labute approximate surface area is 129 Å². The molecule has 6 nitrogen and oxygen atoms in total. The lowest BCUT2D eigenvalue weighted by atomic mass is 10.4. The van der Waals surface area contributed by atoms with E-state index >= 15 is 0 Å². The number of aromatic amines is 1. The van der Waals surface area contributed by atoms with Crippen molar-refractivity contribution < 1.29 is 4.52 Å². The van der Waals surface area contributed by atoms with E-state index in [4.69, 9.17) is 4.52 Å². The number of rotatable bonds is 6. The van der Waals surface area contributed by atoms with Crippen LogP contribution in [-0.4, -0.2) is 25.3 Å². The number of hydrogen-bond donors (Lipinski definition) is 1. The van der Waals surface area contributed by atoms with Gasteiger partial charge in [-0.3, -0.25) is 5.10 Å². The summed E-state index contributed by atoms with van der Waals surface area (Å²) < 4.78 is 5.12. The van der Waals surface area contributed by atoms with E-state index in [1.165, 1.54) is 16.6 Å². The van der Waals surface area contributed by atoms with Crippen molar-refractivity contribution in [1.82, 2.24) is 25.3 Å². The quantitative estimate of drug-likeness (QED) is 0.702. The summed E-state index contributed by atoms with van der Waals surface area (Å²) in [6, 6.07) is 4.06. The van der Waals surface area contributed by atoms with Gasteiger partial charge in [0.25, 0.3) is 0 Å². The van der Waals surface area contributed by atoms with Crippen LogP contribution in [0.25, 0.3) is 12.2 Å². The van der Waals surface area contributed by atoms with Crippen molar-refractivity contribution in [3.05, 3.63) is 39.9 Å². The lowest BCUT2D eigenvalue weighted by Crippen LogP contribution is -1.84. The summed E-state index contributed by atoms with van der Waals surface area (Å²) in [4.78, 5) is 9.80. The summed E-state index contributed by atoms with van der Waals surface area (Å²) in [5.41, 5.74) is 0. The topological polar surface area (TPSA) is 80.5 Å². The summed E-state index contributed by atoms with van der Waals surface area (Å²) in [5.74, 6) is 2.61. The third-order valence-corrected chi connectivity index (χ3v) is 4.25. The highest BCUT2D eigenvalue weighted by molar-refractivity contribution is 7.98. The molecule has 0 saturated carbocycles. The molecular formula is C13H13N5OS2. The Morgan fingerprint density at radius 2 is 2.33 bits per heavy atom. The standard InChI is InChI=1S/C13H13N5OS2/c1-2-10-14-12(19-18-10)8-21-13-15-11(16-17-13)6-5-9-4-3-7-20-9/h3-7H,2,8H2,1H3,(H,15,16,17)/b6-5+. The van der Waals surface area contributed by atoms with E-state index < -0.39 is 0 Å². The van der Waals surface area contributed by atoms with Crippen LogP contribution in [0.2, 0.25) is 0 Å². The molecule has 3 heterocycles. The number of aromatic nitrogens is 5. The van der Waals surface area contributed by atoms with Crippen LogP contribution in [0.15, 0.2) is 27.2 Å². The highest BCUT2D eigenvalue weighted by atomic mass is 32.2. The predicted octanol–water partition coefficient (Wildman–Crippen LogP) is 3.27. The second-order valence-electron chi connectivity index (χ2n) is 4.10. The number of thioether (sulfide) groups is 1. The minimum atomic E-state index is 0.568. The molecule has 21 heavy (non-hydrogen) atoms. The van der Waals surface area contributed by atoms with Crippen molar-refractivity contribution >= 4 is 35.3 Å². The Morgan fingerprint density at radius 3 is 3.10 bits per heavy atom. The summed E-state index contributed by atoms with van der Waals surface area (Å²) in [6.45, 7) is 1.99. The zero-order valence-corrected chi connectivity index (χ0v) is 12.9. The van der Waals surface area contributed by atoms with E-state index in [-0.39, 0.29) is 0 Å². The van der Waals surface area contributed by atoms with E-state index in [0.29, 0.717) is 16.8 Å². The molecule has 3 rings (SSSR count). The van der Waals surface area contributed by atoms with Crippen LogP contribution in [0.4, 0.5) is 0 Å². The molecule has 0 aromatic carbocycles. The number of H-pyrrole nitrogens is 1. The average Bonchev–Trinajstić information content (AvgIpc) is 3.24. The minimum Gasteiger partial charge on any atom is -0.338 e. The minimum absolute atomic E-state index is 0.568. The van der Waals surface area contributed by atoms with Gasteiger partial charge in [0.1, 0.15) is 5.82 Å². The number of aryl methyl sites for hydroxylation is 1. The zero-order valence-electron chi connectivity index (χ0n) is 11.3. The molecule has 0 fully saturated rings. The van der Waals surface area contributed by atoms with Gasteiger partial charge in [0.05, 0.1) is 5.75 Å². The van der Waals surface area contributed by atoms with Gasteiger partial charge in [-0.2, -0.15) is 4.98 Å². The first-order valence-corrected chi connectivity index (χ1v) is 8.28. The van der Waals surface area contributed by atoms with Crippen LogP contribution in [0, 0.1) is 0 Å². The molecule has 0 saturated heterocycles. The van der Waals surface area contributed by atoms with Gasteiger partial charge in [0.2, 0.25) is 11.0 Å². The molecule has 1 N–H and O–H groups in total. The molecule has 0 aliphatic rings. The second kappa shape index (κ2) is 6.68. The van der Waals surface area contributed by atoms with Crippen LogP contribution in [0.1, 0.15) is 29.3 Å². The Kier molecular flexibility index (Phi) is 4.46. The van der Waals surface area contributed by atoms with Crippen molar-refractivity contribution in [2.75, 3.05) is 0 Å². The summed E-state index contributed by atoms with van der Waals surface area (Å²) in [5, 5.41) is 13.6. The number of nitrogens with one attached hydrogen (secondary N) is 1. The first kappa shape index (κ1) is 14.0. The maximum absolute atomic E-state index is 5.12. The molecule has 0 atom stereocenters. The normalized spacial score (nSPS) is 11.5. The smallest absolute Gasteiger partial charge is 0.237 e. The fraction of sp³-hybridized carbons (Fsp3) is 0.231. The monoisotopic (exact) mass is 319 g/mol. The molecule has 0 spiro atoms. The van der Waals surface area contributed by atoms with Crippen LogP contribution < -0.4 is 0 Å². The second-order valence-corrected chi connectivity index (χ2v) is 6.02. The zero-order chi connectivity index (χ0) is 14.5. The van der Waals surface area contributed by atoms with Crippen molar-refractivity contribution in [3.63, 3.8) is 0 Å². The summed E-state index contributed by atoms with van der Waals surface area (Å²) in [7, 11) is 0. The molecule has 0 radical (unpaired) electrons. The van der Waals surface area contributed by atoms with E-state index in [9.17, 15) is 0 Å². The van der Waals surface area contributed by atoms with Gasteiger partial charge in [-0.1, -0.05) is 29.9 Å². The molecule has 3 aromatic rings. The number of thiophene rings is 1. The first-order chi connectivity index (χ1) is 10.3. The molecular weight excluding hydrogens is 306 g/mol. The van der Waals surface area contributed by atoms with Crippen molar-refractivity contribution in [3.8, 4) is 0 Å². The van der Waals surface area contributed by atoms with E-state index in [0.717, 1.165) is 18.1 Å². The van der Waals surface area contributed by atoms with Crippen LogP contribution in [0.3, 0.4) is 0 Å². The average molecular weight is 319 g/mol. The fourth-order valence-corrected chi connectivity index (χ4v) is 2.82. The van der Waals surface area contributed by atoms with Gasteiger partial charge < -0.3 is 4.52 Å². The third-order valence-electron chi connectivity index (χ3n) is 2.58. The highest BCUT2D eigenvalue weighted by Gasteiger charge is 2.08. The Hall–Kier alpha value is -1.93. The van der Waals surface area contributed by atoms with Gasteiger partial charge in [-0.05, 0) is 23.6 Å². The van der Waals surface area contributed by atoms with Crippen LogP contribution >= 0.6 is 23.1 Å². The van der Waals surface area contributed by atoms with Gasteiger partial charge in [0.15, 0.2) is 5.82 Å². The summed E-state index contributed by atoms with van der Waals surface area (Å²) in [6.07, 6.45) is 4.68. The Balaban J connectivity index is 1.57. The van der Waals surface area contributed by atoms with E-state index in [1.807, 2.05) is 36.6 Å². The fourth-order valence-electron chi connectivity index (χ4n) is 1.56. The van der Waals surface area contributed by atoms with Crippen LogP contribution in [0.5, 0.6) is 0 Å². The molecule has 3 aromatic heterocycles. The maximum atomic E-state index is 5.12. The molecule has 0 aliphatic carbocycles. The SMILES string of the molecule is CCc1noc(CSc2n[nH]c(/C=C/c3cccs3)n2)n1. The number of hydrogen-bond acceptors (Lipinski definition) is 7.